The summed E-state index contributed by atoms with van der Waals surface area (Å²) in [4.78, 5) is 23.3. The summed E-state index contributed by atoms with van der Waals surface area (Å²) >= 11 is 0. The Kier molecular flexibility index (Phi) is 5.35. The van der Waals surface area contributed by atoms with E-state index >= 15 is 0 Å². The smallest absolute Gasteiger partial charge is 0.239 e. The van der Waals surface area contributed by atoms with Gasteiger partial charge >= 0.3 is 0 Å². The largest absolute Gasteiger partial charge is 0.350 e. The fourth-order valence-electron chi connectivity index (χ4n) is 2.21. The first-order valence-corrected chi connectivity index (χ1v) is 6.98. The van der Waals surface area contributed by atoms with Crippen LogP contribution < -0.4 is 10.6 Å². The highest BCUT2D eigenvalue weighted by Gasteiger charge is 2.14. The highest BCUT2D eigenvalue weighted by molar-refractivity contribution is 5.84. The van der Waals surface area contributed by atoms with E-state index < -0.39 is 0 Å². The molecule has 0 fully saturated rings. The molecular weight excluding hydrogens is 252 g/mol. The molecule has 0 saturated carbocycles. The molecule has 1 aromatic carbocycles. The molecule has 0 heterocycles. The second kappa shape index (κ2) is 7.48. The molecule has 106 valence electrons. The standard InChI is InChI=1S/C16H20N2O2/c19-15(10-13-6-4-5-7-13)18-12-16(20)17-11-14-8-2-1-3-9-14/h1-4,6,8-9,13H,5,7,10-12H2,(H,17,20)(H,18,19)/t13-/m0/s1. The molecule has 0 aliphatic heterocycles. The number of hydrogen-bond acceptors (Lipinski definition) is 2. The van der Waals surface area contributed by atoms with Gasteiger partial charge in [0.15, 0.2) is 0 Å². The summed E-state index contributed by atoms with van der Waals surface area (Å²) in [5.74, 6) is 0.114. The molecule has 1 aromatic rings. The van der Waals surface area contributed by atoms with Crippen LogP contribution in [0.15, 0.2) is 42.5 Å². The third-order valence-electron chi connectivity index (χ3n) is 3.34. The van der Waals surface area contributed by atoms with Crippen LogP contribution in [0, 0.1) is 5.92 Å². The van der Waals surface area contributed by atoms with Crippen LogP contribution in [-0.4, -0.2) is 18.4 Å². The molecule has 4 nitrogen and oxygen atoms in total. The third-order valence-corrected chi connectivity index (χ3v) is 3.34. The van der Waals surface area contributed by atoms with Gasteiger partial charge in [0.05, 0.1) is 6.54 Å². The molecule has 0 saturated heterocycles. The van der Waals surface area contributed by atoms with Gasteiger partial charge in [0.25, 0.3) is 0 Å². The van der Waals surface area contributed by atoms with E-state index in [1.165, 1.54) is 0 Å². The second-order valence-corrected chi connectivity index (χ2v) is 5.01. The second-order valence-electron chi connectivity index (χ2n) is 5.01. The van der Waals surface area contributed by atoms with Crippen molar-refractivity contribution in [2.75, 3.05) is 6.54 Å². The van der Waals surface area contributed by atoms with Crippen LogP contribution >= 0.6 is 0 Å². The summed E-state index contributed by atoms with van der Waals surface area (Å²) in [6, 6.07) is 9.69. The number of allylic oxidation sites excluding steroid dienone is 2. The number of rotatable bonds is 6. The first-order chi connectivity index (χ1) is 9.74. The number of carbonyl (C=O) groups excluding carboxylic acids is 2. The quantitative estimate of drug-likeness (QED) is 0.775. The normalized spacial score (nSPS) is 16.9. The Balaban J connectivity index is 1.62. The molecule has 0 spiro atoms. The van der Waals surface area contributed by atoms with Crippen molar-refractivity contribution in [2.24, 2.45) is 5.92 Å². The van der Waals surface area contributed by atoms with Crippen molar-refractivity contribution in [1.82, 2.24) is 10.6 Å². The molecule has 0 unspecified atom stereocenters. The van der Waals surface area contributed by atoms with Crippen LogP contribution in [0.2, 0.25) is 0 Å². The van der Waals surface area contributed by atoms with Gasteiger partial charge in [-0.15, -0.1) is 0 Å². The highest BCUT2D eigenvalue weighted by atomic mass is 16.2. The van der Waals surface area contributed by atoms with Gasteiger partial charge in [-0.2, -0.15) is 0 Å². The predicted octanol–water partition coefficient (Wildman–Crippen LogP) is 1.78. The molecule has 0 bridgehead atoms. The first-order valence-electron chi connectivity index (χ1n) is 6.98. The van der Waals surface area contributed by atoms with Gasteiger partial charge in [0.1, 0.15) is 0 Å². The van der Waals surface area contributed by atoms with Gasteiger partial charge in [-0.3, -0.25) is 9.59 Å². The number of benzene rings is 1. The Bertz CT molecular complexity index is 483. The summed E-state index contributed by atoms with van der Waals surface area (Å²) in [7, 11) is 0. The van der Waals surface area contributed by atoms with Crippen molar-refractivity contribution in [3.63, 3.8) is 0 Å². The minimum atomic E-state index is -0.163. The maximum absolute atomic E-state index is 11.7. The zero-order chi connectivity index (χ0) is 14.2. The fraction of sp³-hybridized carbons (Fsp3) is 0.375. The molecule has 2 rings (SSSR count). The summed E-state index contributed by atoms with van der Waals surface area (Å²) in [5, 5.41) is 5.44. The Hall–Kier alpha value is -2.10. The van der Waals surface area contributed by atoms with Crippen molar-refractivity contribution in [1.29, 1.82) is 0 Å². The molecule has 2 amide bonds. The highest BCUT2D eigenvalue weighted by Crippen LogP contribution is 2.19. The Labute approximate surface area is 119 Å². The van der Waals surface area contributed by atoms with Gasteiger partial charge in [-0.05, 0) is 24.3 Å². The molecule has 20 heavy (non-hydrogen) atoms. The van der Waals surface area contributed by atoms with Gasteiger partial charge in [0.2, 0.25) is 11.8 Å². The number of hydrogen-bond donors (Lipinski definition) is 2. The number of nitrogens with one attached hydrogen (secondary N) is 2. The molecule has 0 aromatic heterocycles. The van der Waals surface area contributed by atoms with Crippen LogP contribution in [-0.2, 0) is 16.1 Å². The predicted molar refractivity (Wildman–Crippen MR) is 77.8 cm³/mol. The number of amides is 2. The van der Waals surface area contributed by atoms with Crippen molar-refractivity contribution >= 4 is 11.8 Å². The maximum Gasteiger partial charge on any atom is 0.239 e. The Morgan fingerprint density at radius 1 is 1.10 bits per heavy atom. The van der Waals surface area contributed by atoms with E-state index in [-0.39, 0.29) is 18.4 Å². The third kappa shape index (κ3) is 4.88. The van der Waals surface area contributed by atoms with Crippen molar-refractivity contribution < 1.29 is 9.59 Å². The summed E-state index contributed by atoms with van der Waals surface area (Å²) in [5.41, 5.74) is 1.04. The van der Waals surface area contributed by atoms with E-state index in [0.717, 1.165) is 18.4 Å². The topological polar surface area (TPSA) is 58.2 Å². The average molecular weight is 272 g/mol. The first kappa shape index (κ1) is 14.3. The van der Waals surface area contributed by atoms with Crippen LogP contribution in [0.3, 0.4) is 0 Å². The zero-order valence-corrected chi connectivity index (χ0v) is 11.5. The van der Waals surface area contributed by atoms with Gasteiger partial charge in [0, 0.05) is 13.0 Å². The minimum Gasteiger partial charge on any atom is -0.350 e. The molecule has 1 atom stereocenters. The van der Waals surface area contributed by atoms with E-state index in [9.17, 15) is 9.59 Å². The van der Waals surface area contributed by atoms with Gasteiger partial charge < -0.3 is 10.6 Å². The lowest BCUT2D eigenvalue weighted by molar-refractivity contribution is -0.126. The lowest BCUT2D eigenvalue weighted by atomic mass is 10.1. The molecule has 0 radical (unpaired) electrons. The van der Waals surface area contributed by atoms with Crippen molar-refractivity contribution in [3.05, 3.63) is 48.0 Å². The maximum atomic E-state index is 11.7. The van der Waals surface area contributed by atoms with E-state index in [1.807, 2.05) is 30.3 Å². The van der Waals surface area contributed by atoms with Crippen LogP contribution in [0.1, 0.15) is 24.8 Å². The summed E-state index contributed by atoms with van der Waals surface area (Å²) in [6.07, 6.45) is 6.74. The zero-order valence-electron chi connectivity index (χ0n) is 11.5. The van der Waals surface area contributed by atoms with Crippen LogP contribution in [0.5, 0.6) is 0 Å². The summed E-state index contributed by atoms with van der Waals surface area (Å²) < 4.78 is 0. The Morgan fingerprint density at radius 3 is 2.60 bits per heavy atom. The number of carbonyl (C=O) groups is 2. The lowest BCUT2D eigenvalue weighted by Gasteiger charge is -2.09. The van der Waals surface area contributed by atoms with Gasteiger partial charge in [-0.25, -0.2) is 0 Å². The minimum absolute atomic E-state index is 0.0438. The van der Waals surface area contributed by atoms with Crippen molar-refractivity contribution in [3.8, 4) is 0 Å². The molecule has 1 aliphatic rings. The molecule has 4 heteroatoms. The fourth-order valence-corrected chi connectivity index (χ4v) is 2.21. The lowest BCUT2D eigenvalue weighted by Crippen LogP contribution is -2.37. The van der Waals surface area contributed by atoms with Crippen LogP contribution in [0.4, 0.5) is 0 Å². The molecular formula is C16H20N2O2. The van der Waals surface area contributed by atoms with E-state index in [1.54, 1.807) is 0 Å². The van der Waals surface area contributed by atoms with E-state index in [4.69, 9.17) is 0 Å². The average Bonchev–Trinajstić information content (AvgIpc) is 2.97. The van der Waals surface area contributed by atoms with E-state index in [2.05, 4.69) is 22.8 Å². The molecule has 1 aliphatic carbocycles. The van der Waals surface area contributed by atoms with E-state index in [0.29, 0.717) is 18.9 Å². The monoisotopic (exact) mass is 272 g/mol. The summed E-state index contributed by atoms with van der Waals surface area (Å²) in [6.45, 7) is 0.531. The van der Waals surface area contributed by atoms with Crippen molar-refractivity contribution in [2.45, 2.75) is 25.8 Å². The molecule has 2 N–H and O–H groups in total. The SMILES string of the molecule is O=C(CNC(=O)C[C@H]1C=CCC1)NCc1ccccc1. The Morgan fingerprint density at radius 2 is 1.90 bits per heavy atom. The van der Waals surface area contributed by atoms with Gasteiger partial charge in [-0.1, -0.05) is 42.5 Å². The van der Waals surface area contributed by atoms with Crippen LogP contribution in [0.25, 0.3) is 0 Å².